The van der Waals surface area contributed by atoms with Gasteiger partial charge >= 0.3 is 0 Å². The fourth-order valence-corrected chi connectivity index (χ4v) is 2.08. The van der Waals surface area contributed by atoms with Gasteiger partial charge in [0.15, 0.2) is 0 Å². The summed E-state index contributed by atoms with van der Waals surface area (Å²) in [5.74, 6) is 1.88. The van der Waals surface area contributed by atoms with Crippen molar-refractivity contribution in [1.29, 1.82) is 0 Å². The maximum atomic E-state index is 3.22. The molecule has 0 aromatic rings. The largest absolute Gasteiger partial charge is 0.320 e. The minimum absolute atomic E-state index is 0.903. The fraction of sp³-hybridized carbons (Fsp3) is 1.00. The molecule has 1 aliphatic heterocycles. The van der Waals surface area contributed by atoms with E-state index in [1.807, 2.05) is 7.05 Å². The molecule has 1 rings (SSSR count). The lowest BCUT2D eigenvalue weighted by Crippen LogP contribution is -2.49. The summed E-state index contributed by atoms with van der Waals surface area (Å²) >= 11 is 0. The van der Waals surface area contributed by atoms with E-state index in [1.54, 1.807) is 0 Å². The Morgan fingerprint density at radius 2 is 2.15 bits per heavy atom. The van der Waals surface area contributed by atoms with Crippen LogP contribution in [0.3, 0.4) is 0 Å². The number of rotatable bonds is 6. The number of likely N-dealkylation sites (tertiary alicyclic amines) is 1. The quantitative estimate of drug-likeness (QED) is 0.674. The molecule has 1 unspecified atom stereocenters. The first-order valence-corrected chi connectivity index (χ1v) is 5.64. The Balaban J connectivity index is 2.04. The minimum atomic E-state index is 0.903. The fourth-order valence-electron chi connectivity index (χ4n) is 2.08. The van der Waals surface area contributed by atoms with Crippen molar-refractivity contribution in [1.82, 2.24) is 10.2 Å². The van der Waals surface area contributed by atoms with Gasteiger partial charge in [0.1, 0.15) is 0 Å². The molecule has 1 heterocycles. The van der Waals surface area contributed by atoms with Crippen molar-refractivity contribution >= 4 is 0 Å². The summed E-state index contributed by atoms with van der Waals surface area (Å²) in [6, 6.07) is 0. The highest BCUT2D eigenvalue weighted by Crippen LogP contribution is 2.25. The standard InChI is InChI=1S/C11H24N2/c1-4-7-13-8-11(9-13)10(2)5-6-12-3/h10-12H,4-9H2,1-3H3. The second kappa shape index (κ2) is 5.61. The predicted octanol–water partition coefficient (Wildman–Crippen LogP) is 1.57. The molecule has 0 aromatic carbocycles. The van der Waals surface area contributed by atoms with Crippen molar-refractivity contribution in [2.75, 3.05) is 33.2 Å². The molecule has 1 saturated heterocycles. The van der Waals surface area contributed by atoms with Gasteiger partial charge in [-0.1, -0.05) is 13.8 Å². The van der Waals surface area contributed by atoms with Crippen LogP contribution in [0.5, 0.6) is 0 Å². The first-order chi connectivity index (χ1) is 6.27. The van der Waals surface area contributed by atoms with Crippen LogP contribution in [0.1, 0.15) is 26.7 Å². The van der Waals surface area contributed by atoms with Crippen molar-refractivity contribution in [2.45, 2.75) is 26.7 Å². The molecular formula is C11H24N2. The Hall–Kier alpha value is -0.0800. The third-order valence-corrected chi connectivity index (χ3v) is 3.18. The van der Waals surface area contributed by atoms with Crippen molar-refractivity contribution in [3.8, 4) is 0 Å². The summed E-state index contributed by atoms with van der Waals surface area (Å²) in [4.78, 5) is 2.57. The summed E-state index contributed by atoms with van der Waals surface area (Å²) in [6.07, 6.45) is 2.64. The lowest BCUT2D eigenvalue weighted by atomic mass is 9.85. The first kappa shape index (κ1) is 11.0. The SMILES string of the molecule is CCCN1CC(C(C)CCNC)C1. The van der Waals surface area contributed by atoms with Crippen molar-refractivity contribution in [3.63, 3.8) is 0 Å². The van der Waals surface area contributed by atoms with Crippen LogP contribution in [0.2, 0.25) is 0 Å². The van der Waals surface area contributed by atoms with Gasteiger partial charge in [-0.05, 0) is 44.8 Å². The summed E-state index contributed by atoms with van der Waals surface area (Å²) in [5, 5.41) is 3.22. The highest BCUT2D eigenvalue weighted by Gasteiger charge is 2.29. The summed E-state index contributed by atoms with van der Waals surface area (Å²) in [6.45, 7) is 9.82. The van der Waals surface area contributed by atoms with Crippen molar-refractivity contribution in [2.24, 2.45) is 11.8 Å². The zero-order valence-corrected chi connectivity index (χ0v) is 9.34. The summed E-state index contributed by atoms with van der Waals surface area (Å²) in [7, 11) is 2.04. The summed E-state index contributed by atoms with van der Waals surface area (Å²) in [5.41, 5.74) is 0. The number of hydrogen-bond acceptors (Lipinski definition) is 2. The van der Waals surface area contributed by atoms with E-state index in [1.165, 1.54) is 39.0 Å². The monoisotopic (exact) mass is 184 g/mol. The molecule has 0 bridgehead atoms. The molecule has 78 valence electrons. The normalized spacial score (nSPS) is 21.5. The van der Waals surface area contributed by atoms with E-state index in [2.05, 4.69) is 24.1 Å². The highest BCUT2D eigenvalue weighted by atomic mass is 15.2. The second-order valence-electron chi connectivity index (χ2n) is 4.39. The maximum Gasteiger partial charge on any atom is 0.00246 e. The van der Waals surface area contributed by atoms with E-state index >= 15 is 0 Å². The molecule has 13 heavy (non-hydrogen) atoms. The lowest BCUT2D eigenvalue weighted by Gasteiger charge is -2.42. The van der Waals surface area contributed by atoms with Gasteiger partial charge in [0.05, 0.1) is 0 Å². The molecule has 1 N–H and O–H groups in total. The smallest absolute Gasteiger partial charge is 0.00246 e. The van der Waals surface area contributed by atoms with Crippen LogP contribution < -0.4 is 5.32 Å². The van der Waals surface area contributed by atoms with Gasteiger partial charge in [-0.15, -0.1) is 0 Å². The van der Waals surface area contributed by atoms with Crippen LogP contribution in [-0.2, 0) is 0 Å². The molecule has 2 nitrogen and oxygen atoms in total. The van der Waals surface area contributed by atoms with Gasteiger partial charge in [-0.2, -0.15) is 0 Å². The number of nitrogens with one attached hydrogen (secondary N) is 1. The first-order valence-electron chi connectivity index (χ1n) is 5.64. The van der Waals surface area contributed by atoms with Crippen molar-refractivity contribution < 1.29 is 0 Å². The Bertz CT molecular complexity index is 130. The average molecular weight is 184 g/mol. The molecule has 1 aliphatic rings. The van der Waals surface area contributed by atoms with Crippen LogP contribution in [0.15, 0.2) is 0 Å². The molecule has 0 amide bonds. The molecule has 0 saturated carbocycles. The van der Waals surface area contributed by atoms with Crippen LogP contribution in [-0.4, -0.2) is 38.1 Å². The van der Waals surface area contributed by atoms with Gasteiger partial charge in [0.25, 0.3) is 0 Å². The topological polar surface area (TPSA) is 15.3 Å². The zero-order valence-electron chi connectivity index (χ0n) is 9.34. The Labute approximate surface area is 82.7 Å². The number of nitrogens with zero attached hydrogens (tertiary/aromatic N) is 1. The summed E-state index contributed by atoms with van der Waals surface area (Å²) < 4.78 is 0. The Morgan fingerprint density at radius 1 is 1.46 bits per heavy atom. The molecule has 0 radical (unpaired) electrons. The van der Waals surface area contributed by atoms with Gasteiger partial charge in [-0.25, -0.2) is 0 Å². The highest BCUT2D eigenvalue weighted by molar-refractivity contribution is 4.83. The van der Waals surface area contributed by atoms with Gasteiger partial charge < -0.3 is 10.2 Å². The van der Waals surface area contributed by atoms with Crippen LogP contribution in [0, 0.1) is 11.8 Å². The molecule has 1 fully saturated rings. The Morgan fingerprint density at radius 3 is 2.69 bits per heavy atom. The second-order valence-corrected chi connectivity index (χ2v) is 4.39. The van der Waals surface area contributed by atoms with Crippen LogP contribution in [0.4, 0.5) is 0 Å². The van der Waals surface area contributed by atoms with Gasteiger partial charge in [-0.3, -0.25) is 0 Å². The van der Waals surface area contributed by atoms with E-state index in [4.69, 9.17) is 0 Å². The van der Waals surface area contributed by atoms with Crippen LogP contribution in [0.25, 0.3) is 0 Å². The predicted molar refractivity (Wildman–Crippen MR) is 57.9 cm³/mol. The third kappa shape index (κ3) is 3.28. The maximum absolute atomic E-state index is 3.22. The number of hydrogen-bond donors (Lipinski definition) is 1. The van der Waals surface area contributed by atoms with E-state index in [-0.39, 0.29) is 0 Å². The molecule has 0 spiro atoms. The van der Waals surface area contributed by atoms with Crippen LogP contribution >= 0.6 is 0 Å². The molecule has 0 aliphatic carbocycles. The van der Waals surface area contributed by atoms with Crippen molar-refractivity contribution in [3.05, 3.63) is 0 Å². The zero-order chi connectivity index (χ0) is 9.68. The van der Waals surface area contributed by atoms with Gasteiger partial charge in [0.2, 0.25) is 0 Å². The molecule has 1 atom stereocenters. The van der Waals surface area contributed by atoms with E-state index in [0.29, 0.717) is 0 Å². The van der Waals surface area contributed by atoms with E-state index in [0.717, 1.165) is 11.8 Å². The average Bonchev–Trinajstić information content (AvgIpc) is 2.06. The van der Waals surface area contributed by atoms with E-state index in [9.17, 15) is 0 Å². The minimum Gasteiger partial charge on any atom is -0.320 e. The molecular weight excluding hydrogens is 160 g/mol. The molecule has 0 aromatic heterocycles. The third-order valence-electron chi connectivity index (χ3n) is 3.18. The van der Waals surface area contributed by atoms with E-state index < -0.39 is 0 Å². The lowest BCUT2D eigenvalue weighted by molar-refractivity contribution is 0.0605. The molecule has 2 heteroatoms. The van der Waals surface area contributed by atoms with Gasteiger partial charge in [0, 0.05) is 13.1 Å². The Kier molecular flexibility index (Phi) is 4.74.